The molecule has 0 aromatic heterocycles. The zero-order valence-electron chi connectivity index (χ0n) is 14.1. The zero-order chi connectivity index (χ0) is 16.5. The van der Waals surface area contributed by atoms with Crippen LogP contribution >= 0.6 is 0 Å². The number of benzene rings is 1. The smallest absolute Gasteiger partial charge is 0.319 e. The van der Waals surface area contributed by atoms with Crippen LogP contribution in [-0.2, 0) is 4.74 Å². The number of carbonyl (C=O) groups excluding carboxylic acids is 1. The molecule has 2 rings (SSSR count). The van der Waals surface area contributed by atoms with Gasteiger partial charge in [0.15, 0.2) is 0 Å². The van der Waals surface area contributed by atoms with E-state index in [0.29, 0.717) is 30.6 Å². The molecule has 1 aliphatic rings. The number of hydrogen-bond acceptors (Lipinski definition) is 3. The van der Waals surface area contributed by atoms with E-state index >= 15 is 0 Å². The van der Waals surface area contributed by atoms with Gasteiger partial charge in [-0.2, -0.15) is 0 Å². The Labute approximate surface area is 138 Å². The highest BCUT2D eigenvalue weighted by molar-refractivity contribution is 5.91. The number of ether oxygens (including phenoxy) is 2. The highest BCUT2D eigenvalue weighted by Gasteiger charge is 2.23. The minimum Gasteiger partial charge on any atom is -0.491 e. The molecular weight excluding hydrogens is 292 g/mol. The van der Waals surface area contributed by atoms with Gasteiger partial charge in [-0.15, -0.1) is 0 Å². The number of anilines is 1. The Morgan fingerprint density at radius 1 is 1.22 bits per heavy atom. The molecule has 2 amide bonds. The number of rotatable bonds is 7. The Bertz CT molecular complexity index is 493. The van der Waals surface area contributed by atoms with E-state index in [0.717, 1.165) is 12.8 Å². The van der Waals surface area contributed by atoms with Gasteiger partial charge in [0.05, 0.1) is 12.3 Å². The van der Waals surface area contributed by atoms with Crippen molar-refractivity contribution in [3.05, 3.63) is 24.3 Å². The summed E-state index contributed by atoms with van der Waals surface area (Å²) >= 11 is 0. The fourth-order valence-corrected chi connectivity index (χ4v) is 2.94. The van der Waals surface area contributed by atoms with Crippen LogP contribution in [0.3, 0.4) is 0 Å². The molecule has 2 atom stereocenters. The molecule has 1 aliphatic carbocycles. The molecule has 1 aromatic rings. The molecule has 5 nitrogen and oxygen atoms in total. The first kappa shape index (κ1) is 17.6. The Kier molecular flexibility index (Phi) is 7.20. The van der Waals surface area contributed by atoms with E-state index in [1.807, 2.05) is 24.3 Å². The standard InChI is InChI=1S/C18H28N2O3/c1-14-8-3-4-9-15(14)19-18(21)20-16-10-5-6-11-17(16)23-13-7-12-22-2/h5-6,10-11,14-15H,3-4,7-9,12-13H2,1-2H3,(H2,19,20,21). The summed E-state index contributed by atoms with van der Waals surface area (Å²) in [5.74, 6) is 1.23. The predicted octanol–water partition coefficient (Wildman–Crippen LogP) is 3.80. The van der Waals surface area contributed by atoms with Crippen LogP contribution in [-0.4, -0.2) is 32.4 Å². The molecule has 0 saturated heterocycles. The molecule has 5 heteroatoms. The minimum atomic E-state index is -0.156. The lowest BCUT2D eigenvalue weighted by atomic mass is 9.86. The van der Waals surface area contributed by atoms with Crippen molar-refractivity contribution in [2.24, 2.45) is 5.92 Å². The van der Waals surface area contributed by atoms with Crippen LogP contribution in [0.1, 0.15) is 39.0 Å². The molecule has 1 saturated carbocycles. The summed E-state index contributed by atoms with van der Waals surface area (Å²) < 4.78 is 10.7. The molecule has 0 spiro atoms. The van der Waals surface area contributed by atoms with Crippen LogP contribution in [0.15, 0.2) is 24.3 Å². The Balaban J connectivity index is 1.87. The first-order valence-corrected chi connectivity index (χ1v) is 8.49. The van der Waals surface area contributed by atoms with E-state index in [1.54, 1.807) is 7.11 Å². The largest absolute Gasteiger partial charge is 0.491 e. The Morgan fingerprint density at radius 3 is 2.78 bits per heavy atom. The molecule has 1 fully saturated rings. The number of urea groups is 1. The average Bonchev–Trinajstić information content (AvgIpc) is 2.55. The monoisotopic (exact) mass is 320 g/mol. The molecular formula is C18H28N2O3. The molecule has 23 heavy (non-hydrogen) atoms. The first-order valence-electron chi connectivity index (χ1n) is 8.49. The van der Waals surface area contributed by atoms with Gasteiger partial charge in [0, 0.05) is 26.2 Å². The second-order valence-electron chi connectivity index (χ2n) is 6.16. The van der Waals surface area contributed by atoms with Gasteiger partial charge in [-0.25, -0.2) is 4.79 Å². The topological polar surface area (TPSA) is 59.6 Å². The van der Waals surface area contributed by atoms with E-state index < -0.39 is 0 Å². The summed E-state index contributed by atoms with van der Waals surface area (Å²) in [6, 6.07) is 7.62. The third-order valence-corrected chi connectivity index (χ3v) is 4.31. The van der Waals surface area contributed by atoms with E-state index in [1.165, 1.54) is 19.3 Å². The van der Waals surface area contributed by atoms with Crippen LogP contribution in [0.4, 0.5) is 10.5 Å². The fourth-order valence-electron chi connectivity index (χ4n) is 2.94. The second-order valence-corrected chi connectivity index (χ2v) is 6.16. The number of nitrogens with one attached hydrogen (secondary N) is 2. The maximum atomic E-state index is 12.3. The van der Waals surface area contributed by atoms with Crippen LogP contribution in [0.5, 0.6) is 5.75 Å². The second kappa shape index (κ2) is 9.40. The van der Waals surface area contributed by atoms with Gasteiger partial charge in [-0.1, -0.05) is 31.9 Å². The molecule has 0 bridgehead atoms. The van der Waals surface area contributed by atoms with Gasteiger partial charge in [0.25, 0.3) is 0 Å². The normalized spacial score (nSPS) is 20.8. The van der Waals surface area contributed by atoms with Crippen molar-refractivity contribution in [1.29, 1.82) is 0 Å². The molecule has 0 aliphatic heterocycles. The molecule has 1 aromatic carbocycles. The van der Waals surface area contributed by atoms with Crippen molar-refractivity contribution in [2.45, 2.75) is 45.1 Å². The predicted molar refractivity (Wildman–Crippen MR) is 92.0 cm³/mol. The quantitative estimate of drug-likeness (QED) is 0.751. The summed E-state index contributed by atoms with van der Waals surface area (Å²) in [7, 11) is 1.67. The number of methoxy groups -OCH3 is 1. The average molecular weight is 320 g/mol. The van der Waals surface area contributed by atoms with E-state index in [2.05, 4.69) is 17.6 Å². The zero-order valence-corrected chi connectivity index (χ0v) is 14.1. The van der Waals surface area contributed by atoms with Crippen molar-refractivity contribution >= 4 is 11.7 Å². The molecule has 0 radical (unpaired) electrons. The van der Waals surface area contributed by atoms with E-state index in [-0.39, 0.29) is 12.1 Å². The van der Waals surface area contributed by atoms with Gasteiger partial charge in [0.2, 0.25) is 0 Å². The fraction of sp³-hybridized carbons (Fsp3) is 0.611. The number of hydrogen-bond donors (Lipinski definition) is 2. The van der Waals surface area contributed by atoms with Gasteiger partial charge in [-0.05, 0) is 30.9 Å². The third-order valence-electron chi connectivity index (χ3n) is 4.31. The van der Waals surface area contributed by atoms with Crippen LogP contribution < -0.4 is 15.4 Å². The lowest BCUT2D eigenvalue weighted by Gasteiger charge is -2.29. The lowest BCUT2D eigenvalue weighted by Crippen LogP contribution is -2.43. The summed E-state index contributed by atoms with van der Waals surface area (Å²) in [6.07, 6.45) is 5.51. The van der Waals surface area contributed by atoms with Crippen molar-refractivity contribution in [1.82, 2.24) is 5.32 Å². The Hall–Kier alpha value is -1.75. The number of amides is 2. The SMILES string of the molecule is COCCCOc1ccccc1NC(=O)NC1CCCCC1C. The van der Waals surface area contributed by atoms with E-state index in [9.17, 15) is 4.79 Å². The summed E-state index contributed by atoms with van der Waals surface area (Å²) in [6.45, 7) is 3.43. The molecule has 0 heterocycles. The van der Waals surface area contributed by atoms with Crippen molar-refractivity contribution < 1.29 is 14.3 Å². The van der Waals surface area contributed by atoms with Gasteiger partial charge >= 0.3 is 6.03 Å². The molecule has 128 valence electrons. The van der Waals surface area contributed by atoms with Crippen LogP contribution in [0.25, 0.3) is 0 Å². The van der Waals surface area contributed by atoms with Crippen molar-refractivity contribution in [2.75, 3.05) is 25.6 Å². The van der Waals surface area contributed by atoms with Crippen molar-refractivity contribution in [3.63, 3.8) is 0 Å². The maximum Gasteiger partial charge on any atom is 0.319 e. The third kappa shape index (κ3) is 5.75. The van der Waals surface area contributed by atoms with Crippen LogP contribution in [0.2, 0.25) is 0 Å². The van der Waals surface area contributed by atoms with Gasteiger partial charge in [-0.3, -0.25) is 0 Å². The van der Waals surface area contributed by atoms with E-state index in [4.69, 9.17) is 9.47 Å². The van der Waals surface area contributed by atoms with Gasteiger partial charge < -0.3 is 20.1 Å². The number of para-hydroxylation sites is 2. The van der Waals surface area contributed by atoms with Crippen molar-refractivity contribution in [3.8, 4) is 5.75 Å². The number of carbonyl (C=O) groups is 1. The summed E-state index contributed by atoms with van der Waals surface area (Å²) in [5, 5.41) is 6.01. The summed E-state index contributed by atoms with van der Waals surface area (Å²) in [4.78, 5) is 12.3. The minimum absolute atomic E-state index is 0.156. The first-order chi connectivity index (χ1) is 11.2. The highest BCUT2D eigenvalue weighted by atomic mass is 16.5. The van der Waals surface area contributed by atoms with Gasteiger partial charge in [0.1, 0.15) is 5.75 Å². The Morgan fingerprint density at radius 2 is 2.00 bits per heavy atom. The van der Waals surface area contributed by atoms with Crippen LogP contribution in [0, 0.1) is 5.92 Å². The maximum absolute atomic E-state index is 12.3. The summed E-state index contributed by atoms with van der Waals surface area (Å²) in [5.41, 5.74) is 0.700. The molecule has 2 N–H and O–H groups in total. The molecule has 2 unspecified atom stereocenters. The lowest BCUT2D eigenvalue weighted by molar-refractivity contribution is 0.172. The highest BCUT2D eigenvalue weighted by Crippen LogP contribution is 2.25.